The van der Waals surface area contributed by atoms with Crippen molar-refractivity contribution in [1.82, 2.24) is 0 Å². The van der Waals surface area contributed by atoms with Crippen LogP contribution in [0.5, 0.6) is 0 Å². The molecule has 0 fully saturated rings. The highest BCUT2D eigenvalue weighted by atomic mass is 35.5. The summed E-state index contributed by atoms with van der Waals surface area (Å²) >= 11 is 6.10. The molecule has 0 aromatic heterocycles. The first-order valence-corrected chi connectivity index (χ1v) is 5.86. The summed E-state index contributed by atoms with van der Waals surface area (Å²) in [7, 11) is 4.19. The Hall–Kier alpha value is -0.930. The average molecular weight is 240 g/mol. The number of aryl methyl sites for hydroxylation is 1. The van der Waals surface area contributed by atoms with E-state index in [1.165, 1.54) is 16.9 Å². The minimum Gasteiger partial charge on any atom is -0.371 e. The predicted octanol–water partition coefficient (Wildman–Crippen LogP) is 1.86. The van der Waals surface area contributed by atoms with Crippen molar-refractivity contribution in [3.05, 3.63) is 22.7 Å². The van der Waals surface area contributed by atoms with Crippen molar-refractivity contribution >= 4 is 23.0 Å². The Kier molecular flexibility index (Phi) is 3.00. The Morgan fingerprint density at radius 1 is 1.44 bits per heavy atom. The Labute approximate surface area is 102 Å². The normalized spacial score (nSPS) is 19.9. The van der Waals surface area contributed by atoms with Gasteiger partial charge >= 0.3 is 0 Å². The van der Waals surface area contributed by atoms with Gasteiger partial charge in [0.05, 0.1) is 17.4 Å². The van der Waals surface area contributed by atoms with Gasteiger partial charge in [0, 0.05) is 32.2 Å². The van der Waals surface area contributed by atoms with E-state index in [9.17, 15) is 0 Å². The molecule has 4 heteroatoms. The van der Waals surface area contributed by atoms with Crippen LogP contribution in [0.15, 0.2) is 12.1 Å². The van der Waals surface area contributed by atoms with Crippen LogP contribution in [0, 0.1) is 6.92 Å². The highest BCUT2D eigenvalue weighted by Crippen LogP contribution is 2.38. The van der Waals surface area contributed by atoms with Crippen molar-refractivity contribution in [1.29, 1.82) is 0 Å². The van der Waals surface area contributed by atoms with Gasteiger partial charge in [-0.25, -0.2) is 0 Å². The minimum atomic E-state index is 0.373. The predicted molar refractivity (Wildman–Crippen MR) is 70.7 cm³/mol. The van der Waals surface area contributed by atoms with Gasteiger partial charge in [0.2, 0.25) is 0 Å². The standard InChI is InChI=1S/C12H18ClN3/c1-8-4-9(13)5-11-12(8)16(3)10(6-14)7-15(11)2/h4-5,10H,6-7,14H2,1-3H3. The highest BCUT2D eigenvalue weighted by molar-refractivity contribution is 6.31. The summed E-state index contributed by atoms with van der Waals surface area (Å²) < 4.78 is 0. The highest BCUT2D eigenvalue weighted by Gasteiger charge is 2.27. The first kappa shape index (κ1) is 11.6. The van der Waals surface area contributed by atoms with Crippen LogP contribution in [0.4, 0.5) is 11.4 Å². The van der Waals surface area contributed by atoms with Crippen LogP contribution in [0.25, 0.3) is 0 Å². The monoisotopic (exact) mass is 239 g/mol. The van der Waals surface area contributed by atoms with Crippen molar-refractivity contribution in [2.45, 2.75) is 13.0 Å². The van der Waals surface area contributed by atoms with Crippen molar-refractivity contribution in [3.63, 3.8) is 0 Å². The van der Waals surface area contributed by atoms with E-state index in [1.54, 1.807) is 0 Å². The first-order valence-electron chi connectivity index (χ1n) is 5.48. The second-order valence-corrected chi connectivity index (χ2v) is 4.91. The number of likely N-dealkylation sites (N-methyl/N-ethyl adjacent to an activating group) is 2. The summed E-state index contributed by atoms with van der Waals surface area (Å²) in [5.41, 5.74) is 9.44. The fourth-order valence-corrected chi connectivity index (χ4v) is 2.69. The van der Waals surface area contributed by atoms with Crippen LogP contribution >= 0.6 is 11.6 Å². The van der Waals surface area contributed by atoms with Gasteiger partial charge in [-0.2, -0.15) is 0 Å². The van der Waals surface area contributed by atoms with Gasteiger partial charge in [-0.05, 0) is 24.6 Å². The molecule has 88 valence electrons. The topological polar surface area (TPSA) is 32.5 Å². The zero-order valence-corrected chi connectivity index (χ0v) is 10.8. The molecule has 0 amide bonds. The second kappa shape index (κ2) is 4.15. The molecular weight excluding hydrogens is 222 g/mol. The number of benzene rings is 1. The van der Waals surface area contributed by atoms with Crippen LogP contribution in [-0.2, 0) is 0 Å². The molecule has 0 bridgehead atoms. The second-order valence-electron chi connectivity index (χ2n) is 4.47. The van der Waals surface area contributed by atoms with Gasteiger partial charge in [-0.1, -0.05) is 11.6 Å². The lowest BCUT2D eigenvalue weighted by Crippen LogP contribution is -2.50. The zero-order valence-electron chi connectivity index (χ0n) is 10.00. The number of halogens is 1. The number of anilines is 2. The van der Waals surface area contributed by atoms with Crippen molar-refractivity contribution in [2.75, 3.05) is 37.0 Å². The number of nitrogens with two attached hydrogens (primary N) is 1. The van der Waals surface area contributed by atoms with E-state index in [1.807, 2.05) is 12.1 Å². The summed E-state index contributed by atoms with van der Waals surface area (Å²) in [5.74, 6) is 0. The van der Waals surface area contributed by atoms with E-state index in [-0.39, 0.29) is 0 Å². The molecule has 1 heterocycles. The van der Waals surface area contributed by atoms with E-state index < -0.39 is 0 Å². The molecule has 0 saturated carbocycles. The average Bonchev–Trinajstić information content (AvgIpc) is 2.22. The summed E-state index contributed by atoms with van der Waals surface area (Å²) in [5, 5.41) is 0.794. The van der Waals surface area contributed by atoms with Crippen molar-refractivity contribution < 1.29 is 0 Å². The third kappa shape index (κ3) is 1.74. The molecule has 3 nitrogen and oxygen atoms in total. The first-order chi connectivity index (χ1) is 7.54. The Morgan fingerprint density at radius 3 is 2.75 bits per heavy atom. The summed E-state index contributed by atoms with van der Waals surface area (Å²) in [6, 6.07) is 4.40. The van der Waals surface area contributed by atoms with E-state index in [0.717, 1.165) is 11.6 Å². The van der Waals surface area contributed by atoms with Gasteiger partial charge in [0.15, 0.2) is 0 Å². The maximum atomic E-state index is 6.10. The van der Waals surface area contributed by atoms with Gasteiger partial charge in [-0.15, -0.1) is 0 Å². The SMILES string of the molecule is Cc1cc(Cl)cc2c1N(C)C(CN)CN2C. The molecule has 1 aromatic carbocycles. The van der Waals surface area contributed by atoms with E-state index in [2.05, 4.69) is 30.8 Å². The van der Waals surface area contributed by atoms with Crippen LogP contribution in [-0.4, -0.2) is 33.2 Å². The van der Waals surface area contributed by atoms with E-state index in [0.29, 0.717) is 12.6 Å². The molecule has 1 atom stereocenters. The number of hydrogen-bond donors (Lipinski definition) is 1. The molecule has 1 unspecified atom stereocenters. The third-order valence-electron chi connectivity index (χ3n) is 3.31. The summed E-state index contributed by atoms with van der Waals surface area (Å²) in [6.07, 6.45) is 0. The van der Waals surface area contributed by atoms with Crippen molar-refractivity contribution in [3.8, 4) is 0 Å². The molecule has 0 radical (unpaired) electrons. The largest absolute Gasteiger partial charge is 0.371 e. The molecule has 1 aliphatic heterocycles. The zero-order chi connectivity index (χ0) is 11.9. The summed E-state index contributed by atoms with van der Waals surface area (Å²) in [4.78, 5) is 4.49. The van der Waals surface area contributed by atoms with Crippen LogP contribution < -0.4 is 15.5 Å². The minimum absolute atomic E-state index is 0.373. The maximum absolute atomic E-state index is 6.10. The molecule has 1 aromatic rings. The molecule has 2 rings (SSSR count). The molecule has 0 aliphatic carbocycles. The molecule has 16 heavy (non-hydrogen) atoms. The molecule has 2 N–H and O–H groups in total. The molecular formula is C12H18ClN3. The van der Waals surface area contributed by atoms with Crippen LogP contribution in [0.1, 0.15) is 5.56 Å². The lowest BCUT2D eigenvalue weighted by atomic mass is 10.0. The fourth-order valence-electron chi connectivity index (χ4n) is 2.42. The van der Waals surface area contributed by atoms with Crippen LogP contribution in [0.2, 0.25) is 5.02 Å². The third-order valence-corrected chi connectivity index (χ3v) is 3.53. The number of rotatable bonds is 1. The summed E-state index contributed by atoms with van der Waals surface area (Å²) in [6.45, 7) is 3.70. The Balaban J connectivity index is 2.54. The Bertz CT molecular complexity index is 405. The van der Waals surface area contributed by atoms with E-state index >= 15 is 0 Å². The van der Waals surface area contributed by atoms with Gasteiger partial charge in [0.25, 0.3) is 0 Å². The smallest absolute Gasteiger partial charge is 0.0635 e. The number of nitrogens with zero attached hydrogens (tertiary/aromatic N) is 2. The van der Waals surface area contributed by atoms with Crippen LogP contribution in [0.3, 0.4) is 0 Å². The van der Waals surface area contributed by atoms with Gasteiger partial charge in [-0.3, -0.25) is 0 Å². The van der Waals surface area contributed by atoms with Crippen molar-refractivity contribution in [2.24, 2.45) is 5.73 Å². The number of hydrogen-bond acceptors (Lipinski definition) is 3. The fraction of sp³-hybridized carbons (Fsp3) is 0.500. The number of fused-ring (bicyclic) bond motifs is 1. The molecule has 0 saturated heterocycles. The lowest BCUT2D eigenvalue weighted by molar-refractivity contribution is 0.608. The maximum Gasteiger partial charge on any atom is 0.0635 e. The quantitative estimate of drug-likeness (QED) is 0.812. The van der Waals surface area contributed by atoms with Gasteiger partial charge < -0.3 is 15.5 Å². The molecule has 0 spiro atoms. The Morgan fingerprint density at radius 2 is 2.12 bits per heavy atom. The lowest BCUT2D eigenvalue weighted by Gasteiger charge is -2.42. The molecule has 1 aliphatic rings. The van der Waals surface area contributed by atoms with E-state index in [4.69, 9.17) is 17.3 Å². The van der Waals surface area contributed by atoms with Gasteiger partial charge in [0.1, 0.15) is 0 Å².